The van der Waals surface area contributed by atoms with Crippen molar-refractivity contribution in [1.29, 1.82) is 0 Å². The van der Waals surface area contributed by atoms with Gasteiger partial charge in [-0.15, -0.1) is 0 Å². The fraction of sp³-hybridized carbons (Fsp3) is 0.417. The topological polar surface area (TPSA) is 83.6 Å². The van der Waals surface area contributed by atoms with Crippen LogP contribution < -0.4 is 11.1 Å². The van der Waals surface area contributed by atoms with E-state index in [-0.39, 0.29) is 12.0 Å². The number of carbonyl (C=O) groups excluding carboxylic acids is 1. The van der Waals surface area contributed by atoms with Gasteiger partial charge < -0.3 is 10.6 Å². The molecule has 0 saturated heterocycles. The van der Waals surface area contributed by atoms with E-state index in [4.69, 9.17) is 5.73 Å². The van der Waals surface area contributed by atoms with Gasteiger partial charge in [0, 0.05) is 19.3 Å². The SMILES string of the molecule is CCN(CC)C(=O)N/C(N)=N/c1ncccc1C. The Balaban J connectivity index is 2.74. The van der Waals surface area contributed by atoms with E-state index in [1.165, 1.54) is 0 Å². The third-order valence-corrected chi connectivity index (χ3v) is 2.49. The summed E-state index contributed by atoms with van der Waals surface area (Å²) in [7, 11) is 0. The number of carbonyl (C=O) groups is 1. The molecule has 1 heterocycles. The standard InChI is InChI=1S/C12H19N5O/c1-4-17(5-2)12(18)16-11(13)15-10-9(3)7-6-8-14-10/h6-8H,4-5H2,1-3H3,(H3,13,14,15,16,18). The summed E-state index contributed by atoms with van der Waals surface area (Å²) in [4.78, 5) is 21.5. The Morgan fingerprint density at radius 1 is 1.50 bits per heavy atom. The minimum Gasteiger partial charge on any atom is -0.369 e. The molecule has 0 fully saturated rings. The second-order valence-electron chi connectivity index (χ2n) is 3.74. The monoisotopic (exact) mass is 249 g/mol. The Labute approximate surface area is 107 Å². The first kappa shape index (κ1) is 14.0. The number of hydrogen-bond donors (Lipinski definition) is 2. The third-order valence-electron chi connectivity index (χ3n) is 2.49. The van der Waals surface area contributed by atoms with Gasteiger partial charge in [-0.25, -0.2) is 9.78 Å². The maximum absolute atomic E-state index is 11.7. The highest BCUT2D eigenvalue weighted by molar-refractivity contribution is 5.96. The van der Waals surface area contributed by atoms with E-state index in [1.54, 1.807) is 11.1 Å². The first-order valence-electron chi connectivity index (χ1n) is 5.90. The van der Waals surface area contributed by atoms with E-state index in [1.807, 2.05) is 32.9 Å². The lowest BCUT2D eigenvalue weighted by Crippen LogP contribution is -2.45. The van der Waals surface area contributed by atoms with Crippen molar-refractivity contribution in [2.45, 2.75) is 20.8 Å². The molecule has 0 spiro atoms. The van der Waals surface area contributed by atoms with Gasteiger partial charge in [0.2, 0.25) is 5.96 Å². The number of nitrogens with zero attached hydrogens (tertiary/aromatic N) is 3. The van der Waals surface area contributed by atoms with E-state index in [9.17, 15) is 4.79 Å². The quantitative estimate of drug-likeness (QED) is 0.627. The molecule has 0 radical (unpaired) electrons. The number of amides is 2. The molecule has 0 aliphatic heterocycles. The smallest absolute Gasteiger partial charge is 0.324 e. The minimum atomic E-state index is -0.255. The van der Waals surface area contributed by atoms with Crippen LogP contribution in [0.25, 0.3) is 0 Å². The lowest BCUT2D eigenvalue weighted by Gasteiger charge is -2.18. The summed E-state index contributed by atoms with van der Waals surface area (Å²) in [6, 6.07) is 3.44. The number of rotatable bonds is 3. The molecule has 1 rings (SSSR count). The van der Waals surface area contributed by atoms with Crippen LogP contribution in [0.15, 0.2) is 23.3 Å². The largest absolute Gasteiger partial charge is 0.369 e. The summed E-state index contributed by atoms with van der Waals surface area (Å²) >= 11 is 0. The van der Waals surface area contributed by atoms with E-state index in [0.29, 0.717) is 18.9 Å². The van der Waals surface area contributed by atoms with Crippen molar-refractivity contribution in [3.8, 4) is 0 Å². The normalized spacial score (nSPS) is 11.2. The molecule has 1 aromatic rings. The van der Waals surface area contributed by atoms with Crippen LogP contribution in [0.2, 0.25) is 0 Å². The van der Waals surface area contributed by atoms with Crippen LogP contribution in [-0.2, 0) is 0 Å². The Kier molecular flexibility index (Phi) is 5.10. The molecule has 0 bridgehead atoms. The van der Waals surface area contributed by atoms with Gasteiger partial charge in [-0.2, -0.15) is 4.99 Å². The van der Waals surface area contributed by atoms with Gasteiger partial charge in [0.15, 0.2) is 5.82 Å². The Morgan fingerprint density at radius 2 is 2.17 bits per heavy atom. The van der Waals surface area contributed by atoms with Gasteiger partial charge in [-0.1, -0.05) is 6.07 Å². The first-order valence-corrected chi connectivity index (χ1v) is 5.90. The van der Waals surface area contributed by atoms with E-state index >= 15 is 0 Å². The number of aromatic nitrogens is 1. The van der Waals surface area contributed by atoms with Crippen LogP contribution in [-0.4, -0.2) is 35.0 Å². The molecule has 18 heavy (non-hydrogen) atoms. The number of aliphatic imine (C=N–C) groups is 1. The summed E-state index contributed by atoms with van der Waals surface area (Å²) in [5.74, 6) is 0.559. The van der Waals surface area contributed by atoms with Gasteiger partial charge in [-0.3, -0.25) is 5.32 Å². The highest BCUT2D eigenvalue weighted by Gasteiger charge is 2.10. The fourth-order valence-corrected chi connectivity index (χ4v) is 1.44. The number of urea groups is 1. The molecule has 0 aliphatic carbocycles. The predicted molar refractivity (Wildman–Crippen MR) is 71.7 cm³/mol. The maximum Gasteiger partial charge on any atom is 0.324 e. The molecule has 6 nitrogen and oxygen atoms in total. The molecule has 3 N–H and O–H groups in total. The zero-order chi connectivity index (χ0) is 13.5. The van der Waals surface area contributed by atoms with Crippen molar-refractivity contribution >= 4 is 17.8 Å². The number of nitrogens with one attached hydrogen (secondary N) is 1. The van der Waals surface area contributed by atoms with Crippen molar-refractivity contribution in [1.82, 2.24) is 15.2 Å². The molecule has 0 saturated carbocycles. The number of pyridine rings is 1. The zero-order valence-corrected chi connectivity index (χ0v) is 11.0. The van der Waals surface area contributed by atoms with Gasteiger partial charge in [-0.05, 0) is 32.4 Å². The van der Waals surface area contributed by atoms with Gasteiger partial charge in [0.05, 0.1) is 0 Å². The molecular formula is C12H19N5O. The van der Waals surface area contributed by atoms with E-state index in [0.717, 1.165) is 5.56 Å². The fourth-order valence-electron chi connectivity index (χ4n) is 1.44. The second-order valence-corrected chi connectivity index (χ2v) is 3.74. The Morgan fingerprint density at radius 3 is 2.72 bits per heavy atom. The van der Waals surface area contributed by atoms with Gasteiger partial charge >= 0.3 is 6.03 Å². The molecule has 98 valence electrons. The second kappa shape index (κ2) is 6.58. The van der Waals surface area contributed by atoms with Crippen molar-refractivity contribution in [3.05, 3.63) is 23.9 Å². The van der Waals surface area contributed by atoms with Crippen LogP contribution >= 0.6 is 0 Å². The lowest BCUT2D eigenvalue weighted by atomic mass is 10.3. The van der Waals surface area contributed by atoms with Crippen LogP contribution in [0.5, 0.6) is 0 Å². The molecule has 6 heteroatoms. The lowest BCUT2D eigenvalue weighted by molar-refractivity contribution is 0.208. The highest BCUT2D eigenvalue weighted by atomic mass is 16.2. The summed E-state index contributed by atoms with van der Waals surface area (Å²) in [5, 5.41) is 2.53. The first-order chi connectivity index (χ1) is 8.58. The number of aryl methyl sites for hydroxylation is 1. The summed E-state index contributed by atoms with van der Waals surface area (Å²) in [5.41, 5.74) is 6.57. The summed E-state index contributed by atoms with van der Waals surface area (Å²) in [6.07, 6.45) is 1.63. The number of nitrogens with two attached hydrogens (primary N) is 1. The van der Waals surface area contributed by atoms with E-state index < -0.39 is 0 Å². The van der Waals surface area contributed by atoms with Crippen molar-refractivity contribution < 1.29 is 4.79 Å². The molecule has 1 aromatic heterocycles. The van der Waals surface area contributed by atoms with Crippen molar-refractivity contribution in [3.63, 3.8) is 0 Å². The maximum atomic E-state index is 11.7. The average Bonchev–Trinajstić information content (AvgIpc) is 2.33. The highest BCUT2D eigenvalue weighted by Crippen LogP contribution is 2.12. The van der Waals surface area contributed by atoms with Crippen LogP contribution in [0.3, 0.4) is 0 Å². The van der Waals surface area contributed by atoms with Crippen molar-refractivity contribution in [2.75, 3.05) is 13.1 Å². The van der Waals surface area contributed by atoms with Gasteiger partial charge in [0.1, 0.15) is 0 Å². The van der Waals surface area contributed by atoms with Crippen molar-refractivity contribution in [2.24, 2.45) is 10.7 Å². The minimum absolute atomic E-state index is 0.0497. The molecule has 0 aliphatic rings. The summed E-state index contributed by atoms with van der Waals surface area (Å²) < 4.78 is 0. The molecular weight excluding hydrogens is 230 g/mol. The molecule has 0 atom stereocenters. The zero-order valence-electron chi connectivity index (χ0n) is 11.0. The number of guanidine groups is 1. The average molecular weight is 249 g/mol. The van der Waals surface area contributed by atoms with Crippen LogP contribution in [0, 0.1) is 6.92 Å². The Bertz CT molecular complexity index is 440. The summed E-state index contributed by atoms with van der Waals surface area (Å²) in [6.45, 7) is 6.93. The van der Waals surface area contributed by atoms with Gasteiger partial charge in [0.25, 0.3) is 0 Å². The van der Waals surface area contributed by atoms with Crippen LogP contribution in [0.4, 0.5) is 10.6 Å². The Hall–Kier alpha value is -2.11. The molecule has 2 amide bonds. The third kappa shape index (κ3) is 3.73. The molecule has 0 unspecified atom stereocenters. The predicted octanol–water partition coefficient (Wildman–Crippen LogP) is 1.39. The number of hydrogen-bond acceptors (Lipinski definition) is 3. The molecule has 0 aromatic carbocycles. The van der Waals surface area contributed by atoms with E-state index in [2.05, 4.69) is 15.3 Å². The van der Waals surface area contributed by atoms with Crippen LogP contribution in [0.1, 0.15) is 19.4 Å².